The van der Waals surface area contributed by atoms with Gasteiger partial charge in [-0.1, -0.05) is 64.1 Å². The summed E-state index contributed by atoms with van der Waals surface area (Å²) in [5, 5.41) is 6.35. The van der Waals surface area contributed by atoms with Crippen LogP contribution in [0.5, 0.6) is 0 Å². The summed E-state index contributed by atoms with van der Waals surface area (Å²) in [6.07, 6.45) is 5.85. The molecule has 0 radical (unpaired) electrons. The lowest BCUT2D eigenvalue weighted by Gasteiger charge is -2.33. The van der Waals surface area contributed by atoms with Gasteiger partial charge >= 0.3 is 0 Å². The predicted octanol–water partition coefficient (Wildman–Crippen LogP) is 12.4. The van der Waals surface area contributed by atoms with E-state index in [2.05, 4.69) is 79.3 Å². The number of fused-ring (bicyclic) bond motifs is 8. The van der Waals surface area contributed by atoms with Crippen LogP contribution in [0.1, 0.15) is 33.3 Å². The Morgan fingerprint density at radius 1 is 0.525 bits per heavy atom. The Kier molecular flexibility index (Phi) is 30.8. The molecule has 6 aromatic heterocycles. The normalized spacial score (nSPS) is 13.4. The molecular formula is C65H72Cl4F8N16O7S. The van der Waals surface area contributed by atoms with E-state index in [0.717, 1.165) is 93.1 Å². The van der Waals surface area contributed by atoms with Crippen molar-refractivity contribution in [2.75, 3.05) is 116 Å². The van der Waals surface area contributed by atoms with Gasteiger partial charge in [0.2, 0.25) is 0 Å². The number of imidazole rings is 2. The van der Waals surface area contributed by atoms with Crippen LogP contribution >= 0.6 is 46.4 Å². The molecule has 5 aromatic carbocycles. The zero-order chi connectivity index (χ0) is 73.7. The van der Waals surface area contributed by atoms with Crippen LogP contribution in [0.25, 0.3) is 55.4 Å². The number of nitrogens with one attached hydrogen (secondary N) is 2. The third kappa shape index (κ3) is 22.9. The van der Waals surface area contributed by atoms with Gasteiger partial charge in [-0.15, -0.1) is 0 Å². The lowest BCUT2D eigenvalue weighted by atomic mass is 10.2. The molecule has 5 N–H and O–H groups in total. The van der Waals surface area contributed by atoms with Crippen molar-refractivity contribution in [3.05, 3.63) is 170 Å². The van der Waals surface area contributed by atoms with Crippen LogP contribution < -0.4 is 21.3 Å². The van der Waals surface area contributed by atoms with Crippen LogP contribution in [0.3, 0.4) is 0 Å². The first-order valence-corrected chi connectivity index (χ1v) is 34.1. The van der Waals surface area contributed by atoms with E-state index < -0.39 is 62.9 Å². The predicted molar refractivity (Wildman–Crippen MR) is 372 cm³/mol. The smallest absolute Gasteiger partial charge is 0.294 e. The molecule has 2 saturated heterocycles. The third-order valence-corrected chi connectivity index (χ3v) is 16.5. The molecule has 544 valence electrons. The molecular weight excluding hydrogens is 1440 g/mol. The molecule has 23 nitrogen and oxygen atoms in total. The minimum Gasteiger partial charge on any atom is -0.362 e. The number of likely N-dealkylation sites (N-methyl/N-ethyl adjacent to an activating group) is 2. The molecule has 0 aliphatic carbocycles. The van der Waals surface area contributed by atoms with Crippen LogP contribution in [-0.4, -0.2) is 190 Å². The van der Waals surface area contributed by atoms with Crippen LogP contribution in [0.4, 0.5) is 46.8 Å². The second-order valence-corrected chi connectivity index (χ2v) is 24.6. The number of hydrogen-bond acceptors (Lipinski definition) is 20. The highest BCUT2D eigenvalue weighted by Gasteiger charge is 2.22. The van der Waals surface area contributed by atoms with Crippen molar-refractivity contribution in [2.24, 2.45) is 5.73 Å². The minimum atomic E-state index is -4.02. The number of rotatable bonds is 14. The fourth-order valence-electron chi connectivity index (χ4n) is 9.39. The van der Waals surface area contributed by atoms with Crippen LogP contribution in [-0.2, 0) is 29.1 Å². The molecule has 0 amide bonds. The SMILES string of the molecule is CCOC(CN)OCC.CCOC(CNc1nc2cc(F)c(F)cc2nc1Cl)OCC.CN1CCN(c2nc3cc(F)c(F)cc3n3ccnc23)CC1.CN1CCNCC1.Cc1ccc(S(=O)(=O)O)cc1.Fc1cc2nc(Cl)c(Cl)nc2cc1F.Fc1cc2nc(Cl)c3nccn3c2cc1F. The molecule has 101 heavy (non-hydrogen) atoms. The van der Waals surface area contributed by atoms with Gasteiger partial charge in [-0.3, -0.25) is 13.4 Å². The van der Waals surface area contributed by atoms with Gasteiger partial charge < -0.3 is 50.0 Å². The highest BCUT2D eigenvalue weighted by Crippen LogP contribution is 2.29. The van der Waals surface area contributed by atoms with E-state index in [0.29, 0.717) is 67.4 Å². The van der Waals surface area contributed by atoms with Gasteiger partial charge in [0.15, 0.2) is 103 Å². The fourth-order valence-corrected chi connectivity index (χ4v) is 10.6. The van der Waals surface area contributed by atoms with E-state index >= 15 is 0 Å². The Balaban J connectivity index is 0.000000171. The molecule has 36 heteroatoms. The molecule has 8 heterocycles. The Bertz CT molecular complexity index is 4570. The van der Waals surface area contributed by atoms with Crippen molar-refractivity contribution in [1.82, 2.24) is 63.8 Å². The summed E-state index contributed by atoms with van der Waals surface area (Å²) in [7, 11) is 0.212. The Hall–Kier alpha value is -7.67. The summed E-state index contributed by atoms with van der Waals surface area (Å²) in [5.41, 5.74) is 9.71. The van der Waals surface area contributed by atoms with E-state index in [1.54, 1.807) is 39.5 Å². The largest absolute Gasteiger partial charge is 0.362 e. The van der Waals surface area contributed by atoms with Gasteiger partial charge in [-0.2, -0.15) is 8.42 Å². The topological polar surface area (TPSA) is 263 Å². The average Bonchev–Trinajstić information content (AvgIpc) is 1.72. The molecule has 2 aliphatic heterocycles. The van der Waals surface area contributed by atoms with Gasteiger partial charge in [0.1, 0.15) is 0 Å². The van der Waals surface area contributed by atoms with Gasteiger partial charge in [-0.25, -0.2) is 75.0 Å². The molecule has 0 bridgehead atoms. The second kappa shape index (κ2) is 38.6. The minimum absolute atomic E-state index is 0.0369. The zero-order valence-electron chi connectivity index (χ0n) is 55.5. The Morgan fingerprint density at radius 2 is 0.911 bits per heavy atom. The summed E-state index contributed by atoms with van der Waals surface area (Å²) in [4.78, 5) is 39.1. The van der Waals surface area contributed by atoms with Crippen molar-refractivity contribution < 1.29 is 67.0 Å². The average molecular weight is 1520 g/mol. The summed E-state index contributed by atoms with van der Waals surface area (Å²) in [6.45, 7) is 20.7. The molecule has 2 fully saturated rings. The number of nitrogens with two attached hydrogens (primary N) is 1. The molecule has 11 aromatic rings. The van der Waals surface area contributed by atoms with E-state index in [9.17, 15) is 43.5 Å². The van der Waals surface area contributed by atoms with E-state index in [4.69, 9.17) is 75.6 Å². The second-order valence-electron chi connectivity index (χ2n) is 21.7. The molecule has 13 rings (SSSR count). The van der Waals surface area contributed by atoms with Crippen LogP contribution in [0.2, 0.25) is 20.6 Å². The number of aryl methyl sites for hydroxylation is 1. The Labute approximate surface area is 595 Å². The number of benzene rings is 5. The quantitative estimate of drug-likeness (QED) is 0.0448. The van der Waals surface area contributed by atoms with Gasteiger partial charge in [0, 0.05) is 159 Å². The first kappa shape index (κ1) is 80.6. The van der Waals surface area contributed by atoms with Gasteiger partial charge in [0.05, 0.1) is 55.6 Å². The van der Waals surface area contributed by atoms with Crippen molar-refractivity contribution in [3.63, 3.8) is 0 Å². The van der Waals surface area contributed by atoms with E-state index in [1.165, 1.54) is 37.5 Å². The molecule has 0 saturated carbocycles. The maximum Gasteiger partial charge on any atom is 0.294 e. The summed E-state index contributed by atoms with van der Waals surface area (Å²) in [6, 6.07) is 14.1. The first-order valence-electron chi connectivity index (χ1n) is 31.1. The maximum absolute atomic E-state index is 13.5. The summed E-state index contributed by atoms with van der Waals surface area (Å²) < 4.78 is 159. The number of anilines is 2. The highest BCUT2D eigenvalue weighted by molar-refractivity contribution is 7.85. The number of piperazine rings is 2. The zero-order valence-corrected chi connectivity index (χ0v) is 59.4. The van der Waals surface area contributed by atoms with Gasteiger partial charge in [0.25, 0.3) is 10.1 Å². The molecule has 0 unspecified atom stereocenters. The van der Waals surface area contributed by atoms with Crippen LogP contribution in [0, 0.1) is 53.5 Å². The lowest BCUT2D eigenvalue weighted by molar-refractivity contribution is -0.128. The fraction of sp³-hybridized carbons (Fsp3) is 0.354. The van der Waals surface area contributed by atoms with Crippen molar-refractivity contribution in [1.29, 1.82) is 0 Å². The standard InChI is InChI=1S/C15H15F2N5.C14H16ClF2N3O2.C10H4ClF2N3.C8H2Cl2F2N2.C7H8O3S.C6H15NO2.C5H12N2/c1-20-4-6-21(7-5-20)15-14-18-2-3-22(14)13-9-11(17)10(16)8-12(13)19-15;1-3-21-12(22-4-2)7-18-14-13(15)19-10-5-8(16)9(17)6-11(10)20-14;11-9-10-14-1-2-16(10)8-4-6(13)5(12)3-7(8)15-9;9-7-8(10)14-6-2-4(12)3(11)1-5(6)13-7;1-6-2-4-7(5-3-6)11(8,9)10;1-3-8-6(5-7)9-4-2;1-7-4-2-6-3-5-7/h2-3,8-9H,4-7H2,1H3;5-6,12H,3-4,7H2,1-2H3,(H,18,20);1-4H;1-2H;2-5H,1H3,(H,8,9,10);6H,3-5,7H2,1-2H3;6H,2-5H2,1H3. The third-order valence-electron chi connectivity index (χ3n) is 14.5. The van der Waals surface area contributed by atoms with Gasteiger partial charge in [-0.05, 0) is 60.8 Å². The van der Waals surface area contributed by atoms with E-state index in [-0.39, 0.29) is 65.2 Å². The first-order chi connectivity index (χ1) is 48.2. The molecule has 2 aliphatic rings. The maximum atomic E-state index is 13.5. The Morgan fingerprint density at radius 3 is 1.35 bits per heavy atom. The highest BCUT2D eigenvalue weighted by atomic mass is 35.5. The van der Waals surface area contributed by atoms with Crippen molar-refractivity contribution >= 4 is 124 Å². The summed E-state index contributed by atoms with van der Waals surface area (Å²) >= 11 is 23.0. The molecule has 0 atom stereocenters. The van der Waals surface area contributed by atoms with E-state index in [1.807, 2.05) is 34.6 Å². The van der Waals surface area contributed by atoms with Crippen molar-refractivity contribution in [2.45, 2.75) is 52.1 Å². The number of nitrogens with zero attached hydrogens (tertiary/aromatic N) is 13. The van der Waals surface area contributed by atoms with Crippen LogP contribution in [0.15, 0.2) is 102 Å². The number of halogens is 12. The van der Waals surface area contributed by atoms with Crippen molar-refractivity contribution in [3.8, 4) is 0 Å². The number of ether oxygens (including phenoxy) is 4. The summed E-state index contributed by atoms with van der Waals surface area (Å²) in [5.74, 6) is -6.64. The lowest BCUT2D eigenvalue weighted by Crippen LogP contribution is -2.45. The number of hydrogen-bond donors (Lipinski definition) is 4. The molecule has 0 spiro atoms. The number of aromatic nitrogens is 10. The monoisotopic (exact) mass is 1510 g/mol.